The van der Waals surface area contributed by atoms with Crippen molar-refractivity contribution in [2.24, 2.45) is 5.73 Å². The van der Waals surface area contributed by atoms with Gasteiger partial charge in [0, 0.05) is 23.4 Å². The van der Waals surface area contributed by atoms with E-state index in [1.807, 2.05) is 13.0 Å². The minimum atomic E-state index is -0.565. The number of allylic oxidation sites excluding steroid dienone is 1. The maximum atomic E-state index is 12.9. The van der Waals surface area contributed by atoms with Crippen LogP contribution >= 0.6 is 0 Å². The van der Waals surface area contributed by atoms with E-state index in [9.17, 15) is 9.18 Å². The molecule has 132 valence electrons. The first kappa shape index (κ1) is 17.8. The highest BCUT2D eigenvalue weighted by Crippen LogP contribution is 2.34. The van der Waals surface area contributed by atoms with E-state index in [1.54, 1.807) is 36.4 Å². The summed E-state index contributed by atoms with van der Waals surface area (Å²) in [6.07, 6.45) is 0.987. The molecule has 0 radical (unpaired) electrons. The average Bonchev–Trinajstić information content (AvgIpc) is 3.01. The second-order valence-electron chi connectivity index (χ2n) is 6.44. The predicted octanol–water partition coefficient (Wildman–Crippen LogP) is 4.07. The number of alkyl halides is 1. The van der Waals surface area contributed by atoms with Crippen molar-refractivity contribution >= 4 is 11.5 Å². The Balaban J connectivity index is 1.95. The fraction of sp³-hybridized carbons (Fsp3) is 0.238. The highest BCUT2D eigenvalue weighted by atomic mass is 19.1. The van der Waals surface area contributed by atoms with Crippen LogP contribution in [0.5, 0.6) is 0 Å². The second kappa shape index (κ2) is 7.51. The van der Waals surface area contributed by atoms with Crippen molar-refractivity contribution in [2.45, 2.75) is 32.5 Å². The average molecular weight is 349 g/mol. The van der Waals surface area contributed by atoms with Crippen LogP contribution in [0.3, 0.4) is 0 Å². The minimum Gasteiger partial charge on any atom is -0.358 e. The fourth-order valence-corrected chi connectivity index (χ4v) is 3.32. The van der Waals surface area contributed by atoms with Gasteiger partial charge in [-0.05, 0) is 54.3 Å². The molecule has 4 nitrogen and oxygen atoms in total. The quantitative estimate of drug-likeness (QED) is 0.853. The van der Waals surface area contributed by atoms with Crippen LogP contribution in [0, 0.1) is 18.3 Å². The molecule has 1 unspecified atom stereocenters. The minimum absolute atomic E-state index is 0.0189. The van der Waals surface area contributed by atoms with Crippen molar-refractivity contribution in [1.29, 1.82) is 5.26 Å². The van der Waals surface area contributed by atoms with E-state index in [1.165, 1.54) is 0 Å². The second-order valence-corrected chi connectivity index (χ2v) is 6.44. The summed E-state index contributed by atoms with van der Waals surface area (Å²) in [5.41, 5.74) is 11.3. The Morgan fingerprint density at radius 1 is 1.27 bits per heavy atom. The summed E-state index contributed by atoms with van der Waals surface area (Å²) in [7, 11) is 0. The van der Waals surface area contributed by atoms with Crippen molar-refractivity contribution in [3.05, 3.63) is 76.0 Å². The number of carbonyl (C=O) groups excluding carboxylic acids is 1. The number of carbonyl (C=O) groups is 1. The molecule has 0 aromatic heterocycles. The number of ketones is 1. The standard InChI is InChI=1S/C21H20FN3O/c1-13-9-15(12-23)5-6-17(13)21(24)20-18(7-8-19(20)26)25-16-4-2-3-14(10-16)11-22/h2-6,9-10,21,25H,7-8,11,24H2,1H3. The largest absolute Gasteiger partial charge is 0.358 e. The normalized spacial score (nSPS) is 15.1. The molecule has 0 spiro atoms. The van der Waals surface area contributed by atoms with E-state index >= 15 is 0 Å². The SMILES string of the molecule is Cc1cc(C#N)ccc1C(N)C1=C(Nc2cccc(CF)c2)CCC1=O. The number of nitriles is 1. The summed E-state index contributed by atoms with van der Waals surface area (Å²) in [6.45, 7) is 1.35. The van der Waals surface area contributed by atoms with Crippen molar-refractivity contribution in [2.75, 3.05) is 5.32 Å². The number of rotatable bonds is 5. The summed E-state index contributed by atoms with van der Waals surface area (Å²) in [5, 5.41) is 12.3. The summed E-state index contributed by atoms with van der Waals surface area (Å²) in [5.74, 6) is 0.0189. The van der Waals surface area contributed by atoms with Crippen molar-refractivity contribution in [3.63, 3.8) is 0 Å². The summed E-state index contributed by atoms with van der Waals surface area (Å²) in [6, 6.07) is 13.9. The monoisotopic (exact) mass is 349 g/mol. The lowest BCUT2D eigenvalue weighted by Gasteiger charge is -2.18. The van der Waals surface area contributed by atoms with Crippen LogP contribution in [-0.2, 0) is 11.5 Å². The van der Waals surface area contributed by atoms with Gasteiger partial charge in [0.2, 0.25) is 0 Å². The third kappa shape index (κ3) is 3.51. The first-order valence-electron chi connectivity index (χ1n) is 8.48. The van der Waals surface area contributed by atoms with Crippen LogP contribution < -0.4 is 11.1 Å². The van der Waals surface area contributed by atoms with Crippen LogP contribution in [0.15, 0.2) is 53.7 Å². The molecule has 5 heteroatoms. The van der Waals surface area contributed by atoms with E-state index in [0.29, 0.717) is 29.5 Å². The Morgan fingerprint density at radius 2 is 2.08 bits per heavy atom. The lowest BCUT2D eigenvalue weighted by Crippen LogP contribution is -2.20. The Kier molecular flexibility index (Phi) is 5.15. The van der Waals surface area contributed by atoms with Gasteiger partial charge >= 0.3 is 0 Å². The van der Waals surface area contributed by atoms with Crippen LogP contribution in [0.2, 0.25) is 0 Å². The van der Waals surface area contributed by atoms with E-state index in [2.05, 4.69) is 11.4 Å². The molecule has 0 saturated carbocycles. The Labute approximate surface area is 152 Å². The maximum absolute atomic E-state index is 12.9. The Bertz CT molecular complexity index is 927. The molecule has 26 heavy (non-hydrogen) atoms. The molecule has 2 aromatic carbocycles. The molecule has 0 bridgehead atoms. The molecular weight excluding hydrogens is 329 g/mol. The molecule has 0 heterocycles. The lowest BCUT2D eigenvalue weighted by atomic mass is 9.93. The molecule has 3 rings (SSSR count). The predicted molar refractivity (Wildman–Crippen MR) is 99.0 cm³/mol. The smallest absolute Gasteiger partial charge is 0.162 e. The van der Waals surface area contributed by atoms with Crippen LogP contribution in [0.1, 0.15) is 41.1 Å². The van der Waals surface area contributed by atoms with Gasteiger partial charge in [-0.3, -0.25) is 4.79 Å². The van der Waals surface area contributed by atoms with Gasteiger partial charge in [-0.15, -0.1) is 0 Å². The van der Waals surface area contributed by atoms with Gasteiger partial charge in [0.05, 0.1) is 17.7 Å². The third-order valence-corrected chi connectivity index (χ3v) is 4.65. The van der Waals surface area contributed by atoms with Crippen molar-refractivity contribution in [3.8, 4) is 6.07 Å². The highest BCUT2D eigenvalue weighted by molar-refractivity contribution is 6.00. The summed E-state index contributed by atoms with van der Waals surface area (Å²) >= 11 is 0. The van der Waals surface area contributed by atoms with Crippen LogP contribution in [0.25, 0.3) is 0 Å². The van der Waals surface area contributed by atoms with Gasteiger partial charge in [-0.1, -0.05) is 18.2 Å². The highest BCUT2D eigenvalue weighted by Gasteiger charge is 2.29. The zero-order valence-electron chi connectivity index (χ0n) is 14.6. The number of nitrogens with two attached hydrogens (primary N) is 1. The molecule has 0 fully saturated rings. The van der Waals surface area contributed by atoms with Gasteiger partial charge < -0.3 is 11.1 Å². The summed E-state index contributed by atoms with van der Waals surface area (Å²) in [4.78, 5) is 12.5. The molecule has 1 aliphatic rings. The maximum Gasteiger partial charge on any atom is 0.162 e. The van der Waals surface area contributed by atoms with E-state index in [-0.39, 0.29) is 5.78 Å². The first-order valence-corrected chi connectivity index (χ1v) is 8.48. The number of halogens is 1. The Hall–Kier alpha value is -2.97. The Morgan fingerprint density at radius 3 is 2.77 bits per heavy atom. The zero-order chi connectivity index (χ0) is 18.7. The molecular formula is C21H20FN3O. The van der Waals surface area contributed by atoms with E-state index in [0.717, 1.165) is 22.5 Å². The number of benzene rings is 2. The van der Waals surface area contributed by atoms with Crippen molar-refractivity contribution < 1.29 is 9.18 Å². The molecule has 2 aromatic rings. The number of nitrogens with zero attached hydrogens (tertiary/aromatic N) is 1. The molecule has 1 atom stereocenters. The van der Waals surface area contributed by atoms with Gasteiger partial charge in [0.25, 0.3) is 0 Å². The van der Waals surface area contributed by atoms with Gasteiger partial charge in [0.1, 0.15) is 6.67 Å². The number of aryl methyl sites for hydroxylation is 1. The van der Waals surface area contributed by atoms with E-state index in [4.69, 9.17) is 11.0 Å². The molecule has 0 saturated heterocycles. The topological polar surface area (TPSA) is 78.9 Å². The molecule has 0 amide bonds. The molecule has 1 aliphatic carbocycles. The zero-order valence-corrected chi connectivity index (χ0v) is 14.6. The van der Waals surface area contributed by atoms with Crippen LogP contribution in [-0.4, -0.2) is 5.78 Å². The molecule has 0 aliphatic heterocycles. The van der Waals surface area contributed by atoms with E-state index < -0.39 is 12.7 Å². The number of nitrogens with one attached hydrogen (secondary N) is 1. The summed E-state index contributed by atoms with van der Waals surface area (Å²) < 4.78 is 12.9. The number of anilines is 1. The third-order valence-electron chi connectivity index (χ3n) is 4.65. The fourth-order valence-electron chi connectivity index (χ4n) is 3.32. The van der Waals surface area contributed by atoms with Crippen molar-refractivity contribution in [1.82, 2.24) is 0 Å². The number of hydrogen-bond acceptors (Lipinski definition) is 4. The number of Topliss-reactive ketones (excluding diaryl/α,β-unsaturated/α-hetero) is 1. The van der Waals surface area contributed by atoms with Gasteiger partial charge in [0.15, 0.2) is 5.78 Å². The molecule has 3 N–H and O–H groups in total. The van der Waals surface area contributed by atoms with Crippen LogP contribution in [0.4, 0.5) is 10.1 Å². The number of hydrogen-bond donors (Lipinski definition) is 2. The first-order chi connectivity index (χ1) is 12.5. The van der Waals surface area contributed by atoms with Gasteiger partial charge in [-0.25, -0.2) is 4.39 Å². The van der Waals surface area contributed by atoms with Gasteiger partial charge in [-0.2, -0.15) is 5.26 Å². The lowest BCUT2D eigenvalue weighted by molar-refractivity contribution is -0.115.